The van der Waals surface area contributed by atoms with Crippen LogP contribution in [-0.2, 0) is 26.0 Å². The van der Waals surface area contributed by atoms with E-state index in [2.05, 4.69) is 0 Å². The average molecular weight is 337 g/mol. The molecule has 1 aromatic rings. The Morgan fingerprint density at radius 2 is 2.00 bits per heavy atom. The molecule has 1 atom stereocenters. The molecule has 1 aromatic carbocycles. The summed E-state index contributed by atoms with van der Waals surface area (Å²) in [6.07, 6.45) is 3.41. The second kappa shape index (κ2) is 5.63. The maximum absolute atomic E-state index is 12.1. The van der Waals surface area contributed by atoms with E-state index in [0.29, 0.717) is 17.7 Å². The fourth-order valence-corrected chi connectivity index (χ4v) is 4.20. The average Bonchev–Trinajstić information content (AvgIpc) is 3.24. The largest absolute Gasteiger partial charge is 0.457 e. The first kappa shape index (κ1) is 16.0. The van der Waals surface area contributed by atoms with Gasteiger partial charge in [-0.3, -0.25) is 13.9 Å². The number of nitrogens with zero attached hydrogens (tertiary/aromatic N) is 1. The molecule has 0 aromatic heterocycles. The van der Waals surface area contributed by atoms with E-state index in [-0.39, 0.29) is 30.3 Å². The first-order chi connectivity index (χ1) is 10.8. The van der Waals surface area contributed by atoms with E-state index in [1.807, 2.05) is 6.92 Å². The molecule has 0 amide bonds. The van der Waals surface area contributed by atoms with Gasteiger partial charge in [-0.15, -0.1) is 0 Å². The van der Waals surface area contributed by atoms with E-state index in [0.717, 1.165) is 18.4 Å². The van der Waals surface area contributed by atoms with Gasteiger partial charge in [0.15, 0.2) is 12.4 Å². The summed E-state index contributed by atoms with van der Waals surface area (Å²) in [6, 6.07) is 4.76. The fourth-order valence-electron chi connectivity index (χ4n) is 2.94. The summed E-state index contributed by atoms with van der Waals surface area (Å²) in [6.45, 7) is 1.57. The normalized spacial score (nSPS) is 20.3. The van der Waals surface area contributed by atoms with Crippen LogP contribution in [0, 0.1) is 5.92 Å². The number of hydrogen-bond donors (Lipinski definition) is 0. The van der Waals surface area contributed by atoms with Crippen LogP contribution in [0.15, 0.2) is 18.2 Å². The van der Waals surface area contributed by atoms with Crippen LogP contribution in [0.4, 0.5) is 5.69 Å². The third kappa shape index (κ3) is 3.24. The Bertz CT molecular complexity index is 767. The van der Waals surface area contributed by atoms with Crippen molar-refractivity contribution < 1.29 is 22.7 Å². The summed E-state index contributed by atoms with van der Waals surface area (Å²) >= 11 is 0. The molecule has 1 aliphatic carbocycles. The van der Waals surface area contributed by atoms with E-state index >= 15 is 0 Å². The Morgan fingerprint density at radius 1 is 1.30 bits per heavy atom. The first-order valence-electron chi connectivity index (χ1n) is 7.59. The van der Waals surface area contributed by atoms with Gasteiger partial charge >= 0.3 is 5.97 Å². The number of benzene rings is 1. The molecule has 1 aliphatic heterocycles. The van der Waals surface area contributed by atoms with Crippen molar-refractivity contribution in [2.45, 2.75) is 32.2 Å². The molecule has 0 unspecified atom stereocenters. The Balaban J connectivity index is 1.75. The molecular weight excluding hydrogens is 318 g/mol. The highest BCUT2D eigenvalue weighted by atomic mass is 32.2. The van der Waals surface area contributed by atoms with Crippen molar-refractivity contribution in [2.24, 2.45) is 5.92 Å². The minimum Gasteiger partial charge on any atom is -0.457 e. The molecule has 0 bridgehead atoms. The molecule has 6 nitrogen and oxygen atoms in total. The lowest BCUT2D eigenvalue weighted by Gasteiger charge is -2.21. The van der Waals surface area contributed by atoms with Gasteiger partial charge in [0.05, 0.1) is 17.9 Å². The van der Waals surface area contributed by atoms with Crippen molar-refractivity contribution in [3.05, 3.63) is 29.3 Å². The van der Waals surface area contributed by atoms with Gasteiger partial charge in [-0.2, -0.15) is 0 Å². The molecule has 2 aliphatic rings. The number of ether oxygens (including phenoxy) is 1. The Labute approximate surface area is 135 Å². The number of hydrogen-bond acceptors (Lipinski definition) is 5. The van der Waals surface area contributed by atoms with Crippen LogP contribution in [0.1, 0.15) is 35.7 Å². The van der Waals surface area contributed by atoms with E-state index in [9.17, 15) is 18.0 Å². The maximum atomic E-state index is 12.1. The fraction of sp³-hybridized carbons (Fsp3) is 0.500. The number of rotatable bonds is 5. The SMILES string of the molecule is C[C@@H]1Cc2cc(C(=O)COC(=O)C3CC3)ccc2N1S(C)(=O)=O. The van der Waals surface area contributed by atoms with Crippen molar-refractivity contribution in [2.75, 3.05) is 17.2 Å². The minimum absolute atomic E-state index is 0.0352. The predicted octanol–water partition coefficient (Wildman–Crippen LogP) is 1.53. The second-order valence-corrected chi connectivity index (χ2v) is 8.12. The summed E-state index contributed by atoms with van der Waals surface area (Å²) in [7, 11) is -3.34. The number of carbonyl (C=O) groups is 2. The van der Waals surface area contributed by atoms with E-state index in [4.69, 9.17) is 4.74 Å². The molecule has 23 heavy (non-hydrogen) atoms. The summed E-state index contributed by atoms with van der Waals surface area (Å²) < 4.78 is 30.1. The number of carbonyl (C=O) groups excluding carboxylic acids is 2. The standard InChI is InChI=1S/C16H19NO5S/c1-10-7-13-8-12(5-6-14(13)17(10)23(2,20)21)15(18)9-22-16(19)11-3-4-11/h5-6,8,10-11H,3-4,7,9H2,1-2H3/t10-/m1/s1. The van der Waals surface area contributed by atoms with Crippen molar-refractivity contribution in [1.29, 1.82) is 0 Å². The lowest BCUT2D eigenvalue weighted by molar-refractivity contribution is -0.144. The summed E-state index contributed by atoms with van der Waals surface area (Å²) in [5, 5.41) is 0. The van der Waals surface area contributed by atoms with Gasteiger partial charge in [0.1, 0.15) is 0 Å². The topological polar surface area (TPSA) is 80.8 Å². The predicted molar refractivity (Wildman–Crippen MR) is 84.9 cm³/mol. The summed E-state index contributed by atoms with van der Waals surface area (Å²) in [5.41, 5.74) is 1.88. The Morgan fingerprint density at radius 3 is 2.61 bits per heavy atom. The van der Waals surface area contributed by atoms with Gasteiger partial charge in [-0.05, 0) is 49.9 Å². The smallest absolute Gasteiger partial charge is 0.309 e. The zero-order valence-electron chi connectivity index (χ0n) is 13.1. The Hall–Kier alpha value is -1.89. The maximum Gasteiger partial charge on any atom is 0.309 e. The quantitative estimate of drug-likeness (QED) is 0.601. The number of Topliss-reactive ketones (excluding diaryl/α,β-unsaturated/α-hetero) is 1. The van der Waals surface area contributed by atoms with Crippen molar-refractivity contribution in [3.8, 4) is 0 Å². The molecular formula is C16H19NO5S. The zero-order chi connectivity index (χ0) is 16.8. The third-order valence-electron chi connectivity index (χ3n) is 4.17. The van der Waals surface area contributed by atoms with Crippen LogP contribution in [0.2, 0.25) is 0 Å². The number of ketones is 1. The van der Waals surface area contributed by atoms with Gasteiger partial charge in [-0.25, -0.2) is 8.42 Å². The summed E-state index contributed by atoms with van der Waals surface area (Å²) in [5.74, 6) is -0.615. The van der Waals surface area contributed by atoms with Crippen LogP contribution < -0.4 is 4.31 Å². The molecule has 124 valence electrons. The van der Waals surface area contributed by atoms with Crippen LogP contribution in [0.25, 0.3) is 0 Å². The van der Waals surface area contributed by atoms with Gasteiger partial charge < -0.3 is 4.74 Å². The van der Waals surface area contributed by atoms with Crippen molar-refractivity contribution in [3.63, 3.8) is 0 Å². The molecule has 1 heterocycles. The molecule has 0 radical (unpaired) electrons. The molecule has 1 fully saturated rings. The highest BCUT2D eigenvalue weighted by Gasteiger charge is 2.33. The number of sulfonamides is 1. The molecule has 1 saturated carbocycles. The van der Waals surface area contributed by atoms with E-state index < -0.39 is 10.0 Å². The van der Waals surface area contributed by atoms with Crippen LogP contribution in [0.5, 0.6) is 0 Å². The number of anilines is 1. The minimum atomic E-state index is -3.34. The van der Waals surface area contributed by atoms with Crippen LogP contribution in [-0.4, -0.2) is 39.1 Å². The number of esters is 1. The number of fused-ring (bicyclic) bond motifs is 1. The van der Waals surface area contributed by atoms with E-state index in [1.54, 1.807) is 18.2 Å². The van der Waals surface area contributed by atoms with Crippen LogP contribution in [0.3, 0.4) is 0 Å². The molecule has 0 spiro atoms. The lowest BCUT2D eigenvalue weighted by atomic mass is 10.0. The van der Waals surface area contributed by atoms with Gasteiger partial charge in [0, 0.05) is 11.6 Å². The van der Waals surface area contributed by atoms with Gasteiger partial charge in [-0.1, -0.05) is 0 Å². The Kier molecular flexibility index (Phi) is 3.91. The molecule has 7 heteroatoms. The van der Waals surface area contributed by atoms with Crippen molar-refractivity contribution >= 4 is 27.5 Å². The summed E-state index contributed by atoms with van der Waals surface area (Å²) in [4.78, 5) is 23.6. The monoisotopic (exact) mass is 337 g/mol. The van der Waals surface area contributed by atoms with Crippen molar-refractivity contribution in [1.82, 2.24) is 0 Å². The van der Waals surface area contributed by atoms with Gasteiger partial charge in [0.25, 0.3) is 0 Å². The lowest BCUT2D eigenvalue weighted by Crippen LogP contribution is -2.34. The second-order valence-electron chi connectivity index (χ2n) is 6.26. The highest BCUT2D eigenvalue weighted by molar-refractivity contribution is 7.92. The highest BCUT2D eigenvalue weighted by Crippen LogP contribution is 2.35. The molecule has 0 N–H and O–H groups in total. The first-order valence-corrected chi connectivity index (χ1v) is 9.44. The third-order valence-corrected chi connectivity index (χ3v) is 5.44. The zero-order valence-corrected chi connectivity index (χ0v) is 13.9. The van der Waals surface area contributed by atoms with Gasteiger partial charge in [0.2, 0.25) is 10.0 Å². The molecule has 3 rings (SSSR count). The van der Waals surface area contributed by atoms with Crippen LogP contribution >= 0.6 is 0 Å². The van der Waals surface area contributed by atoms with E-state index in [1.165, 1.54) is 10.6 Å². The molecule has 0 saturated heterocycles.